The molecule has 1 saturated heterocycles. The number of nitriles is 1. The van der Waals surface area contributed by atoms with E-state index in [-0.39, 0.29) is 11.9 Å². The maximum absolute atomic E-state index is 11.1. The van der Waals surface area contributed by atoms with Gasteiger partial charge in [0.15, 0.2) is 11.5 Å². The highest BCUT2D eigenvalue weighted by Gasteiger charge is 2.21. The molecule has 1 aliphatic rings. The molecule has 94 valence electrons. The molecule has 0 saturated carbocycles. The van der Waals surface area contributed by atoms with Gasteiger partial charge in [0.05, 0.1) is 24.8 Å². The molecule has 0 aliphatic carbocycles. The number of rotatable bonds is 4. The second kappa shape index (κ2) is 5.41. The summed E-state index contributed by atoms with van der Waals surface area (Å²) in [5.74, 6) is 1.16. The molecule has 1 N–H and O–H groups in total. The lowest BCUT2D eigenvalue weighted by Crippen LogP contribution is -2.30. The monoisotopic (exact) mass is 246 g/mol. The summed E-state index contributed by atoms with van der Waals surface area (Å²) in [6.07, 6.45) is 1.32. The topological polar surface area (TPSA) is 71.3 Å². The van der Waals surface area contributed by atoms with E-state index in [0.29, 0.717) is 30.1 Å². The summed E-state index contributed by atoms with van der Waals surface area (Å²) in [6, 6.07) is 7.08. The Morgan fingerprint density at radius 3 is 2.94 bits per heavy atom. The van der Waals surface area contributed by atoms with Gasteiger partial charge in [-0.2, -0.15) is 5.26 Å². The highest BCUT2D eigenvalue weighted by atomic mass is 16.5. The van der Waals surface area contributed by atoms with E-state index >= 15 is 0 Å². The van der Waals surface area contributed by atoms with Gasteiger partial charge in [-0.05, 0) is 18.6 Å². The fourth-order valence-corrected chi connectivity index (χ4v) is 1.85. The molecule has 1 aliphatic heterocycles. The first-order chi connectivity index (χ1) is 8.72. The lowest BCUT2D eigenvalue weighted by atomic mass is 10.2. The smallest absolute Gasteiger partial charge is 0.220 e. The fraction of sp³-hybridized carbons (Fsp3) is 0.385. The van der Waals surface area contributed by atoms with E-state index in [1.807, 2.05) is 6.07 Å². The molecule has 0 radical (unpaired) electrons. The van der Waals surface area contributed by atoms with Gasteiger partial charge in [-0.15, -0.1) is 0 Å². The number of nitrogens with zero attached hydrogens (tertiary/aromatic N) is 1. The molecule has 1 fully saturated rings. The molecule has 1 aromatic rings. The van der Waals surface area contributed by atoms with Crippen molar-refractivity contribution in [3.63, 3.8) is 0 Å². The molecule has 1 aromatic carbocycles. The van der Waals surface area contributed by atoms with Crippen molar-refractivity contribution in [2.45, 2.75) is 18.9 Å². The molecule has 2 rings (SSSR count). The van der Waals surface area contributed by atoms with Gasteiger partial charge in [0, 0.05) is 12.5 Å². The molecule has 0 aromatic heterocycles. The molecule has 5 nitrogen and oxygen atoms in total. The van der Waals surface area contributed by atoms with Gasteiger partial charge in [0.25, 0.3) is 0 Å². The largest absolute Gasteiger partial charge is 0.493 e. The van der Waals surface area contributed by atoms with Crippen molar-refractivity contribution in [2.75, 3.05) is 13.7 Å². The normalized spacial score (nSPS) is 18.0. The van der Waals surface area contributed by atoms with Crippen molar-refractivity contribution in [1.82, 2.24) is 5.32 Å². The third-order valence-corrected chi connectivity index (χ3v) is 2.82. The third kappa shape index (κ3) is 2.72. The van der Waals surface area contributed by atoms with Gasteiger partial charge >= 0.3 is 0 Å². The number of nitrogens with one attached hydrogen (secondary N) is 1. The first-order valence-corrected chi connectivity index (χ1v) is 5.73. The Kier molecular flexibility index (Phi) is 3.68. The van der Waals surface area contributed by atoms with Crippen LogP contribution in [-0.4, -0.2) is 25.7 Å². The van der Waals surface area contributed by atoms with E-state index in [4.69, 9.17) is 14.7 Å². The van der Waals surface area contributed by atoms with E-state index in [1.54, 1.807) is 25.3 Å². The summed E-state index contributed by atoms with van der Waals surface area (Å²) in [4.78, 5) is 11.1. The molecule has 1 amide bonds. The number of methoxy groups -OCH3 is 1. The maximum atomic E-state index is 11.1. The van der Waals surface area contributed by atoms with Crippen LogP contribution in [-0.2, 0) is 4.79 Å². The zero-order chi connectivity index (χ0) is 13.0. The van der Waals surface area contributed by atoms with Gasteiger partial charge in [-0.25, -0.2) is 0 Å². The van der Waals surface area contributed by atoms with Crippen LogP contribution in [0.3, 0.4) is 0 Å². The van der Waals surface area contributed by atoms with Crippen LogP contribution in [0, 0.1) is 11.3 Å². The van der Waals surface area contributed by atoms with Crippen LogP contribution < -0.4 is 14.8 Å². The first kappa shape index (κ1) is 12.2. The summed E-state index contributed by atoms with van der Waals surface area (Å²) in [5.41, 5.74) is 0.515. The zero-order valence-corrected chi connectivity index (χ0v) is 10.1. The van der Waals surface area contributed by atoms with E-state index in [2.05, 4.69) is 5.32 Å². The first-order valence-electron chi connectivity index (χ1n) is 5.73. The summed E-state index contributed by atoms with van der Waals surface area (Å²) >= 11 is 0. The number of hydrogen-bond donors (Lipinski definition) is 1. The van der Waals surface area contributed by atoms with Crippen LogP contribution in [0.25, 0.3) is 0 Å². The standard InChI is InChI=1S/C13H14N2O3/c1-17-11-4-2-9(7-14)6-12(11)18-8-10-3-5-13(16)15-10/h2,4,6,10H,3,5,8H2,1H3,(H,15,16). The van der Waals surface area contributed by atoms with Crippen molar-refractivity contribution in [3.8, 4) is 17.6 Å². The highest BCUT2D eigenvalue weighted by Crippen LogP contribution is 2.28. The van der Waals surface area contributed by atoms with E-state index in [0.717, 1.165) is 6.42 Å². The number of hydrogen-bond acceptors (Lipinski definition) is 4. The van der Waals surface area contributed by atoms with E-state index in [1.165, 1.54) is 0 Å². The lowest BCUT2D eigenvalue weighted by molar-refractivity contribution is -0.119. The summed E-state index contributed by atoms with van der Waals surface area (Å²) < 4.78 is 10.8. The van der Waals surface area contributed by atoms with Crippen molar-refractivity contribution < 1.29 is 14.3 Å². The Bertz CT molecular complexity index is 493. The molecule has 0 bridgehead atoms. The fourth-order valence-electron chi connectivity index (χ4n) is 1.85. The van der Waals surface area contributed by atoms with Gasteiger partial charge < -0.3 is 14.8 Å². The van der Waals surface area contributed by atoms with Gasteiger partial charge in [-0.3, -0.25) is 4.79 Å². The maximum Gasteiger partial charge on any atom is 0.220 e. The number of carbonyl (C=O) groups excluding carboxylic acids is 1. The van der Waals surface area contributed by atoms with Gasteiger partial charge in [-0.1, -0.05) is 0 Å². The Hall–Kier alpha value is -2.22. The predicted octanol–water partition coefficient (Wildman–Crippen LogP) is 1.22. The van der Waals surface area contributed by atoms with E-state index < -0.39 is 0 Å². The summed E-state index contributed by atoms with van der Waals surface area (Å²) in [7, 11) is 1.55. The zero-order valence-electron chi connectivity index (χ0n) is 10.1. The summed E-state index contributed by atoms with van der Waals surface area (Å²) in [6.45, 7) is 0.386. The highest BCUT2D eigenvalue weighted by molar-refractivity contribution is 5.78. The van der Waals surface area contributed by atoms with Crippen molar-refractivity contribution in [2.24, 2.45) is 0 Å². The molecular formula is C13H14N2O3. The van der Waals surface area contributed by atoms with Crippen LogP contribution >= 0.6 is 0 Å². The van der Waals surface area contributed by atoms with Crippen LogP contribution in [0.4, 0.5) is 0 Å². The average Bonchev–Trinajstić information content (AvgIpc) is 2.81. The lowest BCUT2D eigenvalue weighted by Gasteiger charge is -2.14. The van der Waals surface area contributed by atoms with Crippen molar-refractivity contribution in [3.05, 3.63) is 23.8 Å². The minimum atomic E-state index is 0.0351. The van der Waals surface area contributed by atoms with Gasteiger partial charge in [0.2, 0.25) is 5.91 Å². The number of ether oxygens (including phenoxy) is 2. The number of amides is 1. The van der Waals surface area contributed by atoms with Crippen LogP contribution in [0.2, 0.25) is 0 Å². The second-order valence-electron chi connectivity index (χ2n) is 4.09. The molecule has 1 heterocycles. The Balaban J connectivity index is 2.03. The average molecular weight is 246 g/mol. The van der Waals surface area contributed by atoms with Crippen molar-refractivity contribution in [1.29, 1.82) is 5.26 Å². The Labute approximate surface area is 105 Å². The molecule has 5 heteroatoms. The predicted molar refractivity (Wildman–Crippen MR) is 64.4 cm³/mol. The molecule has 1 unspecified atom stereocenters. The van der Waals surface area contributed by atoms with E-state index in [9.17, 15) is 4.79 Å². The Morgan fingerprint density at radius 2 is 2.33 bits per heavy atom. The number of benzene rings is 1. The molecule has 0 spiro atoms. The SMILES string of the molecule is COc1ccc(C#N)cc1OCC1CCC(=O)N1. The Morgan fingerprint density at radius 1 is 1.50 bits per heavy atom. The molecule has 1 atom stereocenters. The minimum absolute atomic E-state index is 0.0351. The summed E-state index contributed by atoms with van der Waals surface area (Å²) in [5, 5.41) is 11.7. The third-order valence-electron chi connectivity index (χ3n) is 2.82. The minimum Gasteiger partial charge on any atom is -0.493 e. The van der Waals surface area contributed by atoms with Crippen LogP contribution in [0.15, 0.2) is 18.2 Å². The van der Waals surface area contributed by atoms with Crippen molar-refractivity contribution >= 4 is 5.91 Å². The molecular weight excluding hydrogens is 232 g/mol. The molecule has 18 heavy (non-hydrogen) atoms. The quantitative estimate of drug-likeness (QED) is 0.867. The second-order valence-corrected chi connectivity index (χ2v) is 4.09. The van der Waals surface area contributed by atoms with Gasteiger partial charge in [0.1, 0.15) is 6.61 Å². The van der Waals surface area contributed by atoms with Crippen LogP contribution in [0.5, 0.6) is 11.5 Å². The van der Waals surface area contributed by atoms with Crippen LogP contribution in [0.1, 0.15) is 18.4 Å². The number of carbonyl (C=O) groups is 1.